The Labute approximate surface area is 301 Å². The van der Waals surface area contributed by atoms with Crippen LogP contribution in [0.3, 0.4) is 0 Å². The number of ether oxygens (including phenoxy) is 2. The number of hydrogen-bond donors (Lipinski definition) is 2. The number of imidazole rings is 2. The highest BCUT2D eigenvalue weighted by molar-refractivity contribution is 5.80. The van der Waals surface area contributed by atoms with Gasteiger partial charge in [0.15, 0.2) is 0 Å². The third kappa shape index (κ3) is 9.30. The SMILES string of the molecule is C[C@H](NC(=O)OC(C)(C)C)c1nc2cc(F)ccc2n1-c1ccccc1.C[C@H](NC(=O)OC(C)(C)C)c1nc2ccc(F)cc2n1-c1ccccc1. The van der Waals surface area contributed by atoms with Crippen LogP contribution in [0.2, 0.25) is 0 Å². The van der Waals surface area contributed by atoms with Crippen molar-refractivity contribution in [2.75, 3.05) is 0 Å². The van der Waals surface area contributed by atoms with Gasteiger partial charge in [-0.2, -0.15) is 0 Å². The van der Waals surface area contributed by atoms with Gasteiger partial charge in [0.05, 0.1) is 34.2 Å². The van der Waals surface area contributed by atoms with Crippen molar-refractivity contribution < 1.29 is 27.8 Å². The summed E-state index contributed by atoms with van der Waals surface area (Å²) in [6.07, 6.45) is -1.05. The second-order valence-corrected chi connectivity index (χ2v) is 14.3. The molecule has 6 aromatic rings. The van der Waals surface area contributed by atoms with Gasteiger partial charge in [0.2, 0.25) is 0 Å². The van der Waals surface area contributed by atoms with Crippen molar-refractivity contribution in [3.05, 3.63) is 120 Å². The van der Waals surface area contributed by atoms with Crippen LogP contribution >= 0.6 is 0 Å². The molecule has 0 aliphatic carbocycles. The molecule has 2 aromatic heterocycles. The molecule has 4 aromatic carbocycles. The molecule has 0 saturated carbocycles. The molecule has 6 rings (SSSR count). The number of carbonyl (C=O) groups is 2. The summed E-state index contributed by atoms with van der Waals surface area (Å²) in [6, 6.07) is 27.2. The van der Waals surface area contributed by atoms with Crippen LogP contribution in [-0.4, -0.2) is 42.5 Å². The second-order valence-electron chi connectivity index (χ2n) is 14.3. The first-order valence-electron chi connectivity index (χ1n) is 16.9. The topological polar surface area (TPSA) is 112 Å². The van der Waals surface area contributed by atoms with Gasteiger partial charge in [-0.15, -0.1) is 0 Å². The van der Waals surface area contributed by atoms with Crippen LogP contribution in [0.15, 0.2) is 97.1 Å². The number of para-hydroxylation sites is 2. The number of nitrogens with zero attached hydrogens (tertiary/aromatic N) is 4. The Balaban J connectivity index is 0.000000201. The molecule has 0 spiro atoms. The van der Waals surface area contributed by atoms with E-state index in [9.17, 15) is 18.4 Å². The number of aromatic nitrogens is 4. The zero-order chi connectivity index (χ0) is 37.8. The predicted molar refractivity (Wildman–Crippen MR) is 198 cm³/mol. The number of fused-ring (bicyclic) bond motifs is 2. The lowest BCUT2D eigenvalue weighted by molar-refractivity contribution is 0.0494. The zero-order valence-electron chi connectivity index (χ0n) is 30.6. The molecular weight excluding hydrogens is 666 g/mol. The van der Waals surface area contributed by atoms with Gasteiger partial charge < -0.3 is 20.1 Å². The van der Waals surface area contributed by atoms with Crippen molar-refractivity contribution in [3.63, 3.8) is 0 Å². The fourth-order valence-corrected chi connectivity index (χ4v) is 5.51. The third-order valence-corrected chi connectivity index (χ3v) is 7.55. The number of halogens is 2. The summed E-state index contributed by atoms with van der Waals surface area (Å²) in [7, 11) is 0. The average Bonchev–Trinajstić information content (AvgIpc) is 3.62. The first kappa shape index (κ1) is 37.5. The van der Waals surface area contributed by atoms with Crippen LogP contribution in [0, 0.1) is 11.6 Å². The zero-order valence-corrected chi connectivity index (χ0v) is 30.6. The first-order valence-corrected chi connectivity index (χ1v) is 16.9. The largest absolute Gasteiger partial charge is 0.444 e. The van der Waals surface area contributed by atoms with E-state index in [0.29, 0.717) is 28.2 Å². The van der Waals surface area contributed by atoms with Crippen LogP contribution in [0.4, 0.5) is 18.4 Å². The second kappa shape index (κ2) is 15.2. The first-order chi connectivity index (χ1) is 24.5. The Morgan fingerprint density at radius 1 is 0.596 bits per heavy atom. The number of hydrogen-bond acceptors (Lipinski definition) is 6. The summed E-state index contributed by atoms with van der Waals surface area (Å²) in [5.41, 5.74) is 3.14. The summed E-state index contributed by atoms with van der Waals surface area (Å²) >= 11 is 0. The standard InChI is InChI=1S/2C20H22FN3O2/c1-13(22-19(25)26-20(2,3)4)18-23-16-12-14(21)10-11-17(16)24(18)15-8-6-5-7-9-15;1-13(22-19(25)26-20(2,3)4)18-23-16-11-10-14(21)12-17(16)24(18)15-8-6-5-7-9-15/h2*5-13H,1-4H3,(H,22,25)/t2*13-/m00/s1. The third-order valence-electron chi connectivity index (χ3n) is 7.55. The van der Waals surface area contributed by atoms with Crippen molar-refractivity contribution in [3.8, 4) is 11.4 Å². The highest BCUT2D eigenvalue weighted by Crippen LogP contribution is 2.28. The summed E-state index contributed by atoms with van der Waals surface area (Å²) < 4.78 is 41.9. The van der Waals surface area contributed by atoms with Gasteiger partial charge in [0, 0.05) is 23.5 Å². The van der Waals surface area contributed by atoms with Crippen molar-refractivity contribution in [1.82, 2.24) is 29.7 Å². The fourth-order valence-electron chi connectivity index (χ4n) is 5.51. The molecule has 272 valence electrons. The van der Waals surface area contributed by atoms with E-state index in [0.717, 1.165) is 16.9 Å². The van der Waals surface area contributed by atoms with Crippen LogP contribution in [0.1, 0.15) is 79.1 Å². The van der Waals surface area contributed by atoms with Crippen LogP contribution in [0.25, 0.3) is 33.4 Å². The molecular formula is C40H44F2N6O4. The minimum Gasteiger partial charge on any atom is -0.444 e. The molecule has 0 aliphatic heterocycles. The number of nitrogens with one attached hydrogen (secondary N) is 2. The Morgan fingerprint density at radius 2 is 1.02 bits per heavy atom. The minimum atomic E-state index is -0.591. The van der Waals surface area contributed by atoms with Crippen molar-refractivity contribution in [1.29, 1.82) is 0 Å². The van der Waals surface area contributed by atoms with E-state index in [1.54, 1.807) is 53.7 Å². The monoisotopic (exact) mass is 710 g/mol. The van der Waals surface area contributed by atoms with Gasteiger partial charge in [0.1, 0.15) is 34.5 Å². The van der Waals surface area contributed by atoms with Crippen molar-refractivity contribution in [2.24, 2.45) is 0 Å². The van der Waals surface area contributed by atoms with E-state index < -0.39 is 35.5 Å². The van der Waals surface area contributed by atoms with Gasteiger partial charge in [-0.1, -0.05) is 36.4 Å². The van der Waals surface area contributed by atoms with E-state index in [1.165, 1.54) is 24.3 Å². The molecule has 10 nitrogen and oxygen atoms in total. The molecule has 0 bridgehead atoms. The van der Waals surface area contributed by atoms with Crippen molar-refractivity contribution >= 4 is 34.3 Å². The maximum absolute atomic E-state index is 13.8. The molecule has 2 amide bonds. The molecule has 2 N–H and O–H groups in total. The molecule has 0 fully saturated rings. The highest BCUT2D eigenvalue weighted by atomic mass is 19.1. The average molecular weight is 711 g/mol. The number of benzene rings is 4. The van der Waals surface area contributed by atoms with Crippen LogP contribution in [0.5, 0.6) is 0 Å². The molecule has 0 saturated heterocycles. The number of rotatable bonds is 6. The lowest BCUT2D eigenvalue weighted by Gasteiger charge is -2.22. The van der Waals surface area contributed by atoms with E-state index in [4.69, 9.17) is 9.47 Å². The Morgan fingerprint density at radius 3 is 1.50 bits per heavy atom. The molecule has 0 unspecified atom stereocenters. The molecule has 52 heavy (non-hydrogen) atoms. The molecule has 2 heterocycles. The lowest BCUT2D eigenvalue weighted by Crippen LogP contribution is -2.34. The Bertz CT molecular complexity index is 2140. The number of alkyl carbamates (subject to hydrolysis) is 2. The Kier molecular flexibility index (Phi) is 11.0. The van der Waals surface area contributed by atoms with Gasteiger partial charge in [-0.25, -0.2) is 28.3 Å². The van der Waals surface area contributed by atoms with Gasteiger partial charge in [-0.3, -0.25) is 9.13 Å². The molecule has 0 aliphatic rings. The van der Waals surface area contributed by atoms with Crippen LogP contribution in [-0.2, 0) is 9.47 Å². The van der Waals surface area contributed by atoms with E-state index in [-0.39, 0.29) is 11.6 Å². The minimum absolute atomic E-state index is 0.339. The van der Waals surface area contributed by atoms with Gasteiger partial charge in [-0.05, 0) is 104 Å². The summed E-state index contributed by atoms with van der Waals surface area (Å²) in [5.74, 6) is 0.508. The van der Waals surface area contributed by atoms with E-state index in [1.807, 2.05) is 83.6 Å². The van der Waals surface area contributed by atoms with Gasteiger partial charge in [0.25, 0.3) is 0 Å². The van der Waals surface area contributed by atoms with Crippen molar-refractivity contribution in [2.45, 2.75) is 78.7 Å². The molecule has 12 heteroatoms. The van der Waals surface area contributed by atoms with E-state index >= 15 is 0 Å². The summed E-state index contributed by atoms with van der Waals surface area (Å²) in [4.78, 5) is 33.4. The lowest BCUT2D eigenvalue weighted by atomic mass is 10.2. The summed E-state index contributed by atoms with van der Waals surface area (Å²) in [6.45, 7) is 14.5. The summed E-state index contributed by atoms with van der Waals surface area (Å²) in [5, 5.41) is 5.60. The Hall–Kier alpha value is -5.78. The molecule has 0 radical (unpaired) electrons. The smallest absolute Gasteiger partial charge is 0.408 e. The fraction of sp³-hybridized carbons (Fsp3) is 0.300. The number of carbonyl (C=O) groups excluding carboxylic acids is 2. The van der Waals surface area contributed by atoms with Crippen LogP contribution < -0.4 is 10.6 Å². The van der Waals surface area contributed by atoms with E-state index in [2.05, 4.69) is 20.6 Å². The predicted octanol–water partition coefficient (Wildman–Crippen LogP) is 9.50. The number of amides is 2. The normalized spacial score (nSPS) is 12.8. The molecule has 2 atom stereocenters. The maximum atomic E-state index is 13.8. The van der Waals surface area contributed by atoms with Gasteiger partial charge >= 0.3 is 12.2 Å². The quantitative estimate of drug-likeness (QED) is 0.178. The maximum Gasteiger partial charge on any atom is 0.408 e. The highest BCUT2D eigenvalue weighted by Gasteiger charge is 2.24.